The van der Waals surface area contributed by atoms with E-state index in [0.717, 1.165) is 0 Å². The normalized spacial score (nSPS) is 29.8. The summed E-state index contributed by atoms with van der Waals surface area (Å²) in [6, 6.07) is -1.56. The Morgan fingerprint density at radius 3 is 1.94 bits per heavy atom. The van der Waals surface area contributed by atoms with Crippen molar-refractivity contribution < 1.29 is 35.6 Å². The fourth-order valence-electron chi connectivity index (χ4n) is 1.18. The second-order valence-corrected chi connectivity index (χ2v) is 5.27. The van der Waals surface area contributed by atoms with Crippen LogP contribution in [-0.2, 0) is 14.8 Å². The van der Waals surface area contributed by atoms with Crippen LogP contribution in [0.4, 0.5) is 22.4 Å². The number of carbonyl (C=O) groups is 2. The molecule has 0 radical (unpaired) electrons. The van der Waals surface area contributed by atoms with Crippen LogP contribution in [0.5, 0.6) is 0 Å². The Labute approximate surface area is 92.8 Å². The second kappa shape index (κ2) is 3.31. The number of hydrogen-bond donors (Lipinski definition) is 0. The van der Waals surface area contributed by atoms with Gasteiger partial charge in [0.1, 0.15) is 0 Å². The van der Waals surface area contributed by atoms with Gasteiger partial charge in [-0.05, 0) is 0 Å². The average Bonchev–Trinajstić information content (AvgIpc) is 2.20. The van der Waals surface area contributed by atoms with Crippen LogP contribution < -0.4 is 0 Å². The Balaban J connectivity index is 3.59. The van der Waals surface area contributed by atoms with E-state index in [0.29, 0.717) is 14.1 Å². The zero-order valence-corrected chi connectivity index (χ0v) is 9.26. The van der Waals surface area contributed by atoms with E-state index in [1.807, 2.05) is 0 Å². The van der Waals surface area contributed by atoms with Crippen LogP contribution in [0, 0.1) is 0 Å². The summed E-state index contributed by atoms with van der Waals surface area (Å²) in [6.45, 7) is 0. The van der Waals surface area contributed by atoms with E-state index in [1.54, 1.807) is 0 Å². The highest BCUT2D eigenvalue weighted by atomic mass is 32.2. The van der Waals surface area contributed by atoms with Crippen molar-refractivity contribution in [2.45, 2.75) is 11.2 Å². The van der Waals surface area contributed by atoms with Gasteiger partial charge in [-0.25, -0.2) is 21.9 Å². The van der Waals surface area contributed by atoms with Crippen molar-refractivity contribution >= 4 is 22.0 Å². The molecule has 1 atom stereocenters. The molecule has 0 bridgehead atoms. The lowest BCUT2D eigenvalue weighted by atomic mass is 10.3. The molecule has 1 saturated heterocycles. The summed E-state index contributed by atoms with van der Waals surface area (Å²) in [5.41, 5.74) is 0. The van der Waals surface area contributed by atoms with Crippen LogP contribution >= 0.6 is 0 Å². The maximum atomic E-state index is 13.6. The minimum Gasteiger partial charge on any atom is -0.269 e. The molecule has 11 heteroatoms. The first kappa shape index (κ1) is 13.7. The van der Waals surface area contributed by atoms with Crippen LogP contribution in [0.3, 0.4) is 0 Å². The highest BCUT2D eigenvalue weighted by Gasteiger charge is 2.76. The van der Waals surface area contributed by atoms with Crippen LogP contribution in [0.2, 0.25) is 0 Å². The molecule has 3 amide bonds. The fourth-order valence-corrected chi connectivity index (χ4v) is 2.54. The predicted molar refractivity (Wildman–Crippen MR) is 44.7 cm³/mol. The Bertz CT molecular complexity index is 487. The molecule has 1 rings (SSSR count). The van der Waals surface area contributed by atoms with Gasteiger partial charge in [0, 0.05) is 14.1 Å². The summed E-state index contributed by atoms with van der Waals surface area (Å²) < 4.78 is 72.8. The molecule has 0 aromatic rings. The minimum absolute atomic E-state index is 0.242. The number of rotatable bonds is 0. The van der Waals surface area contributed by atoms with Crippen molar-refractivity contribution in [1.29, 1.82) is 0 Å². The van der Waals surface area contributed by atoms with Crippen LogP contribution in [0.15, 0.2) is 0 Å². The van der Waals surface area contributed by atoms with E-state index in [9.17, 15) is 35.6 Å². The number of amides is 3. The van der Waals surface area contributed by atoms with Gasteiger partial charge in [0.2, 0.25) is 0 Å². The van der Waals surface area contributed by atoms with Crippen molar-refractivity contribution in [3.8, 4) is 0 Å². The standard InChI is InChI=1S/C6H6F4N2O4S/c1-11-3(13)5(7,6(8,9)10)17(15,16)12(2)4(11)14/h1-2H3. The SMILES string of the molecule is CN1C(=O)N(C)S(=O)(=O)C(F)(C(F)(F)F)C1=O. The summed E-state index contributed by atoms with van der Waals surface area (Å²) in [7, 11) is -4.81. The third-order valence-electron chi connectivity index (χ3n) is 2.22. The topological polar surface area (TPSA) is 74.8 Å². The maximum Gasteiger partial charge on any atom is 0.449 e. The predicted octanol–water partition coefficient (Wildman–Crippen LogP) is 0.0681. The monoisotopic (exact) mass is 278 g/mol. The third kappa shape index (κ3) is 1.41. The number of urea groups is 1. The summed E-state index contributed by atoms with van der Waals surface area (Å²) in [5, 5.41) is -5.14. The zero-order chi connectivity index (χ0) is 13.8. The summed E-state index contributed by atoms with van der Waals surface area (Å²) in [6.07, 6.45) is -5.98. The van der Waals surface area contributed by atoms with Crippen LogP contribution in [-0.4, -0.2) is 54.8 Å². The van der Waals surface area contributed by atoms with Gasteiger partial charge in [-0.3, -0.25) is 9.69 Å². The van der Waals surface area contributed by atoms with Gasteiger partial charge in [0.25, 0.3) is 15.9 Å². The minimum atomic E-state index is -5.98. The molecule has 1 fully saturated rings. The van der Waals surface area contributed by atoms with Crippen molar-refractivity contribution in [3.63, 3.8) is 0 Å². The summed E-state index contributed by atoms with van der Waals surface area (Å²) >= 11 is 0. The molecule has 6 nitrogen and oxygen atoms in total. The molecular formula is C6H6F4N2O4S. The lowest BCUT2D eigenvalue weighted by Crippen LogP contribution is -2.69. The Morgan fingerprint density at radius 1 is 1.18 bits per heavy atom. The van der Waals surface area contributed by atoms with E-state index in [4.69, 9.17) is 0 Å². The van der Waals surface area contributed by atoms with Crippen molar-refractivity contribution in [3.05, 3.63) is 0 Å². The van der Waals surface area contributed by atoms with Crippen LogP contribution in [0.1, 0.15) is 0 Å². The molecule has 1 aliphatic heterocycles. The van der Waals surface area contributed by atoms with Crippen molar-refractivity contribution in [2.75, 3.05) is 14.1 Å². The maximum absolute atomic E-state index is 13.6. The first-order valence-corrected chi connectivity index (χ1v) is 5.39. The van der Waals surface area contributed by atoms with Gasteiger partial charge in [-0.15, -0.1) is 0 Å². The molecule has 1 heterocycles. The Kier molecular flexibility index (Phi) is 2.66. The summed E-state index contributed by atoms with van der Waals surface area (Å²) in [4.78, 5) is 21.9. The molecule has 0 aromatic heterocycles. The summed E-state index contributed by atoms with van der Waals surface area (Å²) in [5.74, 6) is -2.48. The molecule has 0 saturated carbocycles. The first-order chi connectivity index (χ1) is 7.39. The van der Waals surface area contributed by atoms with Gasteiger partial charge in [0.05, 0.1) is 0 Å². The van der Waals surface area contributed by atoms with Gasteiger partial charge in [-0.2, -0.15) is 13.2 Å². The number of nitrogens with zero attached hydrogens (tertiary/aromatic N) is 2. The third-order valence-corrected chi connectivity index (χ3v) is 4.21. The number of alkyl halides is 4. The van der Waals surface area contributed by atoms with E-state index >= 15 is 0 Å². The van der Waals surface area contributed by atoms with Crippen LogP contribution in [0.25, 0.3) is 0 Å². The molecular weight excluding hydrogens is 272 g/mol. The van der Waals surface area contributed by atoms with Gasteiger partial charge in [-0.1, -0.05) is 0 Å². The molecule has 0 aliphatic carbocycles. The average molecular weight is 278 g/mol. The number of imide groups is 1. The van der Waals surface area contributed by atoms with Gasteiger partial charge >= 0.3 is 17.2 Å². The lowest BCUT2D eigenvalue weighted by Gasteiger charge is -2.38. The van der Waals surface area contributed by atoms with E-state index in [2.05, 4.69) is 0 Å². The highest BCUT2D eigenvalue weighted by molar-refractivity contribution is 7.91. The number of halogens is 4. The number of hydrogen-bond acceptors (Lipinski definition) is 4. The van der Waals surface area contributed by atoms with E-state index in [1.165, 1.54) is 0 Å². The molecule has 1 aliphatic rings. The van der Waals surface area contributed by atoms with Crippen molar-refractivity contribution in [2.24, 2.45) is 0 Å². The Hall–Kier alpha value is -1.39. The smallest absolute Gasteiger partial charge is 0.269 e. The molecule has 1 unspecified atom stereocenters. The number of sulfonamides is 1. The molecule has 17 heavy (non-hydrogen) atoms. The molecule has 0 N–H and O–H groups in total. The zero-order valence-electron chi connectivity index (χ0n) is 8.45. The van der Waals surface area contributed by atoms with Gasteiger partial charge < -0.3 is 0 Å². The van der Waals surface area contributed by atoms with Crippen molar-refractivity contribution in [1.82, 2.24) is 9.21 Å². The molecule has 0 aromatic carbocycles. The quantitative estimate of drug-likeness (QED) is 0.588. The largest absolute Gasteiger partial charge is 0.449 e. The molecule has 98 valence electrons. The molecule has 0 spiro atoms. The van der Waals surface area contributed by atoms with Gasteiger partial charge in [0.15, 0.2) is 0 Å². The fraction of sp³-hybridized carbons (Fsp3) is 0.667. The number of carbonyl (C=O) groups excluding carboxylic acids is 2. The Morgan fingerprint density at radius 2 is 1.59 bits per heavy atom. The van der Waals surface area contributed by atoms with E-state index < -0.39 is 37.4 Å². The first-order valence-electron chi connectivity index (χ1n) is 3.95. The van der Waals surface area contributed by atoms with E-state index in [-0.39, 0.29) is 4.90 Å². The highest BCUT2D eigenvalue weighted by Crippen LogP contribution is 2.43. The lowest BCUT2D eigenvalue weighted by molar-refractivity contribution is -0.206. The second-order valence-electron chi connectivity index (χ2n) is 3.21.